The SMILES string of the molecule is CCc1ccccc1NC(=O)CNC(=O)Nc1cccc2cccnc12. The molecule has 0 saturated heterocycles. The zero-order valence-corrected chi connectivity index (χ0v) is 14.5. The van der Waals surface area contributed by atoms with Gasteiger partial charge in [0.15, 0.2) is 0 Å². The van der Waals surface area contributed by atoms with Crippen LogP contribution in [0.25, 0.3) is 10.9 Å². The zero-order valence-electron chi connectivity index (χ0n) is 14.5. The number of fused-ring (bicyclic) bond motifs is 1. The Balaban J connectivity index is 1.57. The average molecular weight is 348 g/mol. The molecule has 1 heterocycles. The van der Waals surface area contributed by atoms with E-state index in [1.165, 1.54) is 0 Å². The summed E-state index contributed by atoms with van der Waals surface area (Å²) in [6.45, 7) is 1.90. The van der Waals surface area contributed by atoms with Gasteiger partial charge in [0.25, 0.3) is 0 Å². The lowest BCUT2D eigenvalue weighted by Gasteiger charge is -2.11. The van der Waals surface area contributed by atoms with E-state index in [1.54, 1.807) is 12.3 Å². The van der Waals surface area contributed by atoms with E-state index in [2.05, 4.69) is 20.9 Å². The van der Waals surface area contributed by atoms with Gasteiger partial charge in [-0.3, -0.25) is 9.78 Å². The smallest absolute Gasteiger partial charge is 0.319 e. The summed E-state index contributed by atoms with van der Waals surface area (Å²) in [6, 6.07) is 16.4. The third-order valence-corrected chi connectivity index (χ3v) is 3.96. The van der Waals surface area contributed by atoms with Gasteiger partial charge >= 0.3 is 6.03 Å². The van der Waals surface area contributed by atoms with Crippen LogP contribution in [0.3, 0.4) is 0 Å². The van der Waals surface area contributed by atoms with Crippen molar-refractivity contribution in [1.29, 1.82) is 0 Å². The van der Waals surface area contributed by atoms with Crippen LogP contribution in [0.1, 0.15) is 12.5 Å². The number of hydrogen-bond donors (Lipinski definition) is 3. The van der Waals surface area contributed by atoms with Crippen LogP contribution in [-0.2, 0) is 11.2 Å². The van der Waals surface area contributed by atoms with E-state index >= 15 is 0 Å². The number of nitrogens with zero attached hydrogens (tertiary/aromatic N) is 1. The average Bonchev–Trinajstić information content (AvgIpc) is 2.67. The number of carbonyl (C=O) groups excluding carboxylic acids is 2. The van der Waals surface area contributed by atoms with Crippen LogP contribution < -0.4 is 16.0 Å². The van der Waals surface area contributed by atoms with E-state index in [0.717, 1.165) is 23.1 Å². The lowest BCUT2D eigenvalue weighted by atomic mass is 10.1. The van der Waals surface area contributed by atoms with Gasteiger partial charge in [0.1, 0.15) is 0 Å². The summed E-state index contributed by atoms with van der Waals surface area (Å²) in [5.41, 5.74) is 3.11. The number of nitrogens with one attached hydrogen (secondary N) is 3. The molecule has 3 rings (SSSR count). The maximum atomic E-state index is 12.1. The number of aryl methyl sites for hydroxylation is 1. The van der Waals surface area contributed by atoms with Crippen molar-refractivity contribution in [2.24, 2.45) is 0 Å². The maximum absolute atomic E-state index is 12.1. The Hall–Kier alpha value is -3.41. The second-order valence-corrected chi connectivity index (χ2v) is 5.75. The molecule has 132 valence electrons. The number of anilines is 2. The summed E-state index contributed by atoms with van der Waals surface area (Å²) in [4.78, 5) is 28.5. The third-order valence-electron chi connectivity index (χ3n) is 3.96. The van der Waals surface area contributed by atoms with Crippen LogP contribution in [0.15, 0.2) is 60.8 Å². The monoisotopic (exact) mass is 348 g/mol. The minimum Gasteiger partial charge on any atom is -0.329 e. The first-order chi connectivity index (χ1) is 12.7. The quantitative estimate of drug-likeness (QED) is 0.659. The van der Waals surface area contributed by atoms with E-state index in [4.69, 9.17) is 0 Å². The van der Waals surface area contributed by atoms with Crippen LogP contribution in [0.5, 0.6) is 0 Å². The molecule has 0 saturated carbocycles. The Bertz CT molecular complexity index is 935. The van der Waals surface area contributed by atoms with Crippen molar-refractivity contribution in [3.63, 3.8) is 0 Å². The molecule has 1 aromatic heterocycles. The van der Waals surface area contributed by atoms with E-state index in [1.807, 2.05) is 55.5 Å². The summed E-state index contributed by atoms with van der Waals surface area (Å²) < 4.78 is 0. The summed E-state index contributed by atoms with van der Waals surface area (Å²) in [6.07, 6.45) is 2.49. The first kappa shape index (κ1) is 17.4. The summed E-state index contributed by atoms with van der Waals surface area (Å²) in [5.74, 6) is -0.280. The molecule has 26 heavy (non-hydrogen) atoms. The van der Waals surface area contributed by atoms with Crippen LogP contribution in [0.2, 0.25) is 0 Å². The number of pyridine rings is 1. The molecular formula is C20H20N4O2. The number of urea groups is 1. The van der Waals surface area contributed by atoms with E-state index in [9.17, 15) is 9.59 Å². The fraction of sp³-hybridized carbons (Fsp3) is 0.150. The molecule has 0 aliphatic rings. The van der Waals surface area contributed by atoms with Gasteiger partial charge in [0.2, 0.25) is 5.91 Å². The molecule has 3 amide bonds. The number of para-hydroxylation sites is 2. The van der Waals surface area contributed by atoms with Gasteiger partial charge in [0.05, 0.1) is 17.7 Å². The van der Waals surface area contributed by atoms with E-state index in [-0.39, 0.29) is 12.5 Å². The van der Waals surface area contributed by atoms with Crippen molar-refractivity contribution in [2.45, 2.75) is 13.3 Å². The van der Waals surface area contributed by atoms with Crippen LogP contribution in [0.4, 0.5) is 16.2 Å². The normalized spacial score (nSPS) is 10.3. The molecule has 6 nitrogen and oxygen atoms in total. The highest BCUT2D eigenvalue weighted by Crippen LogP contribution is 2.20. The number of aromatic nitrogens is 1. The minimum atomic E-state index is -0.456. The molecular weight excluding hydrogens is 328 g/mol. The first-order valence-electron chi connectivity index (χ1n) is 8.43. The van der Waals surface area contributed by atoms with Crippen molar-refractivity contribution in [1.82, 2.24) is 10.3 Å². The van der Waals surface area contributed by atoms with Crippen molar-refractivity contribution in [3.05, 3.63) is 66.4 Å². The van der Waals surface area contributed by atoms with E-state index < -0.39 is 6.03 Å². The van der Waals surface area contributed by atoms with Gasteiger partial charge in [-0.1, -0.05) is 43.3 Å². The van der Waals surface area contributed by atoms with Crippen molar-refractivity contribution in [3.8, 4) is 0 Å². The molecule has 6 heteroatoms. The largest absolute Gasteiger partial charge is 0.329 e. The van der Waals surface area contributed by atoms with Gasteiger partial charge < -0.3 is 16.0 Å². The Morgan fingerprint density at radius 3 is 2.54 bits per heavy atom. The van der Waals surface area contributed by atoms with Gasteiger partial charge in [-0.25, -0.2) is 4.79 Å². The summed E-state index contributed by atoms with van der Waals surface area (Å²) in [7, 11) is 0. The van der Waals surface area contributed by atoms with Crippen LogP contribution >= 0.6 is 0 Å². The maximum Gasteiger partial charge on any atom is 0.319 e. The molecule has 3 N–H and O–H groups in total. The number of amides is 3. The minimum absolute atomic E-state index is 0.123. The first-order valence-corrected chi connectivity index (χ1v) is 8.43. The standard InChI is InChI=1S/C20H20N4O2/c1-2-14-7-3-4-10-16(14)23-18(25)13-22-20(26)24-17-11-5-8-15-9-6-12-21-19(15)17/h3-12H,2,13H2,1H3,(H,23,25)(H2,22,24,26). The Morgan fingerprint density at radius 1 is 0.923 bits per heavy atom. The second-order valence-electron chi connectivity index (χ2n) is 5.75. The Labute approximate surface area is 151 Å². The third kappa shape index (κ3) is 4.16. The van der Waals surface area contributed by atoms with E-state index in [0.29, 0.717) is 11.2 Å². The van der Waals surface area contributed by atoms with Crippen LogP contribution in [-0.4, -0.2) is 23.5 Å². The molecule has 0 fully saturated rings. The molecule has 2 aromatic carbocycles. The number of carbonyl (C=O) groups is 2. The van der Waals surface area contributed by atoms with Gasteiger partial charge in [-0.2, -0.15) is 0 Å². The summed E-state index contributed by atoms with van der Waals surface area (Å²) >= 11 is 0. The summed E-state index contributed by atoms with van der Waals surface area (Å²) in [5, 5.41) is 9.04. The van der Waals surface area contributed by atoms with Crippen molar-refractivity contribution < 1.29 is 9.59 Å². The zero-order chi connectivity index (χ0) is 18.4. The topological polar surface area (TPSA) is 83.1 Å². The lowest BCUT2D eigenvalue weighted by molar-refractivity contribution is -0.115. The molecule has 0 aliphatic carbocycles. The Kier molecular flexibility index (Phi) is 5.43. The van der Waals surface area contributed by atoms with Crippen molar-refractivity contribution in [2.75, 3.05) is 17.2 Å². The van der Waals surface area contributed by atoms with Crippen LogP contribution in [0, 0.1) is 0 Å². The number of rotatable bonds is 5. The highest BCUT2D eigenvalue weighted by molar-refractivity contribution is 6.01. The predicted octanol–water partition coefficient (Wildman–Crippen LogP) is 3.56. The van der Waals surface area contributed by atoms with Crippen molar-refractivity contribution >= 4 is 34.2 Å². The van der Waals surface area contributed by atoms with Gasteiger partial charge in [-0.15, -0.1) is 0 Å². The fourth-order valence-corrected chi connectivity index (χ4v) is 2.68. The highest BCUT2D eigenvalue weighted by atomic mass is 16.2. The fourth-order valence-electron chi connectivity index (χ4n) is 2.68. The molecule has 0 aliphatic heterocycles. The number of hydrogen-bond acceptors (Lipinski definition) is 3. The van der Waals surface area contributed by atoms with Gasteiger partial charge in [-0.05, 0) is 30.2 Å². The molecule has 0 radical (unpaired) electrons. The molecule has 0 bridgehead atoms. The predicted molar refractivity (Wildman–Crippen MR) is 103 cm³/mol. The molecule has 3 aromatic rings. The van der Waals surface area contributed by atoms with Gasteiger partial charge in [0, 0.05) is 17.3 Å². The molecule has 0 spiro atoms. The molecule has 0 unspecified atom stereocenters. The second kappa shape index (κ2) is 8.11. The lowest BCUT2D eigenvalue weighted by Crippen LogP contribution is -2.36. The number of benzene rings is 2. The highest BCUT2D eigenvalue weighted by Gasteiger charge is 2.09. The molecule has 0 atom stereocenters. The Morgan fingerprint density at radius 2 is 1.69 bits per heavy atom.